The zero-order chi connectivity index (χ0) is 18.0. The lowest BCUT2D eigenvalue weighted by Crippen LogP contribution is -2.40. The Morgan fingerprint density at radius 1 is 1.33 bits per heavy atom. The number of carbonyl (C=O) groups excluding carboxylic acids is 1. The first kappa shape index (κ1) is 18.9. The smallest absolute Gasteiger partial charge is 0.227 e. The average Bonchev–Trinajstić information content (AvgIpc) is 2.46. The van der Waals surface area contributed by atoms with Crippen LogP contribution < -0.4 is 10.6 Å². The van der Waals surface area contributed by atoms with Crippen molar-refractivity contribution in [2.75, 3.05) is 11.9 Å². The molecular formula is C18H28N2O3S. The Kier molecular flexibility index (Phi) is 5.71. The van der Waals surface area contributed by atoms with Crippen LogP contribution in [-0.2, 0) is 20.4 Å². The molecular weight excluding hydrogens is 324 g/mol. The van der Waals surface area contributed by atoms with Gasteiger partial charge in [0.25, 0.3) is 0 Å². The first-order valence-electron chi connectivity index (χ1n) is 8.44. The fraction of sp³-hybridized carbons (Fsp3) is 0.611. The van der Waals surface area contributed by atoms with Crippen LogP contribution >= 0.6 is 0 Å². The molecule has 1 aliphatic rings. The highest BCUT2D eigenvalue weighted by Crippen LogP contribution is 2.23. The van der Waals surface area contributed by atoms with Gasteiger partial charge >= 0.3 is 0 Å². The highest BCUT2D eigenvalue weighted by Gasteiger charge is 2.29. The Morgan fingerprint density at radius 3 is 2.67 bits per heavy atom. The molecule has 1 fully saturated rings. The Morgan fingerprint density at radius 2 is 2.04 bits per heavy atom. The molecule has 0 saturated carbocycles. The van der Waals surface area contributed by atoms with Crippen LogP contribution in [0.5, 0.6) is 0 Å². The normalized spacial score (nSPS) is 22.2. The standard InChI is InChI=1S/C18H28N2O3S/c1-13-10-15(8-9-19-13)17(21)20-16-7-5-6-14(11-16)12-24(22,23)18(2,3)4/h5-7,11,13,15,19H,8-10,12H2,1-4H3,(H,20,21)/t13-,15-/m0/s1. The van der Waals surface area contributed by atoms with Crippen molar-refractivity contribution in [3.63, 3.8) is 0 Å². The minimum atomic E-state index is -3.24. The summed E-state index contributed by atoms with van der Waals surface area (Å²) in [4.78, 5) is 12.4. The summed E-state index contributed by atoms with van der Waals surface area (Å²) in [6, 6.07) is 7.47. The Hall–Kier alpha value is -1.40. The van der Waals surface area contributed by atoms with E-state index in [0.29, 0.717) is 17.3 Å². The van der Waals surface area contributed by atoms with Crippen LogP contribution in [0.3, 0.4) is 0 Å². The van der Waals surface area contributed by atoms with Crippen molar-refractivity contribution in [2.24, 2.45) is 5.92 Å². The SMILES string of the molecule is C[C@H]1C[C@@H](C(=O)Nc2cccc(CS(=O)(=O)C(C)(C)C)c2)CCN1. The number of amides is 1. The topological polar surface area (TPSA) is 75.3 Å². The molecule has 2 rings (SSSR count). The average molecular weight is 353 g/mol. The number of carbonyl (C=O) groups is 1. The van der Waals surface area contributed by atoms with Gasteiger partial charge in [-0.15, -0.1) is 0 Å². The summed E-state index contributed by atoms with van der Waals surface area (Å²) in [7, 11) is -3.24. The van der Waals surface area contributed by atoms with Crippen LogP contribution in [0.15, 0.2) is 24.3 Å². The van der Waals surface area contributed by atoms with Gasteiger partial charge in [0.1, 0.15) is 0 Å². The molecule has 0 spiro atoms. The largest absolute Gasteiger partial charge is 0.326 e. The zero-order valence-electron chi connectivity index (χ0n) is 14.9. The van der Waals surface area contributed by atoms with Gasteiger partial charge in [-0.3, -0.25) is 4.79 Å². The van der Waals surface area contributed by atoms with Crippen LogP contribution in [0.4, 0.5) is 5.69 Å². The lowest BCUT2D eigenvalue weighted by atomic mass is 9.92. The lowest BCUT2D eigenvalue weighted by Gasteiger charge is -2.27. The number of nitrogens with one attached hydrogen (secondary N) is 2. The van der Waals surface area contributed by atoms with Crippen molar-refractivity contribution in [2.45, 2.75) is 57.1 Å². The minimum Gasteiger partial charge on any atom is -0.326 e. The van der Waals surface area contributed by atoms with Crippen LogP contribution in [0, 0.1) is 5.92 Å². The van der Waals surface area contributed by atoms with Crippen LogP contribution in [0.25, 0.3) is 0 Å². The number of sulfone groups is 1. The van der Waals surface area contributed by atoms with E-state index < -0.39 is 14.6 Å². The van der Waals surface area contributed by atoms with Crippen molar-refractivity contribution in [3.05, 3.63) is 29.8 Å². The van der Waals surface area contributed by atoms with E-state index in [2.05, 4.69) is 17.6 Å². The fourth-order valence-electron chi connectivity index (χ4n) is 2.79. The van der Waals surface area contributed by atoms with Gasteiger partial charge in [-0.1, -0.05) is 12.1 Å². The van der Waals surface area contributed by atoms with Crippen molar-refractivity contribution < 1.29 is 13.2 Å². The summed E-state index contributed by atoms with van der Waals surface area (Å²) in [6.07, 6.45) is 1.65. The number of benzene rings is 1. The third-order valence-corrected chi connectivity index (χ3v) is 7.06. The van der Waals surface area contributed by atoms with Gasteiger partial charge in [-0.2, -0.15) is 0 Å². The molecule has 0 aliphatic carbocycles. The molecule has 24 heavy (non-hydrogen) atoms. The third-order valence-electron chi connectivity index (χ3n) is 4.48. The molecule has 5 nitrogen and oxygen atoms in total. The summed E-state index contributed by atoms with van der Waals surface area (Å²) < 4.78 is 23.9. The van der Waals surface area contributed by atoms with Gasteiger partial charge < -0.3 is 10.6 Å². The van der Waals surface area contributed by atoms with E-state index >= 15 is 0 Å². The lowest BCUT2D eigenvalue weighted by molar-refractivity contribution is -0.120. The molecule has 0 radical (unpaired) electrons. The maximum Gasteiger partial charge on any atom is 0.227 e. The van der Waals surface area contributed by atoms with Crippen molar-refractivity contribution in [1.82, 2.24) is 5.32 Å². The molecule has 1 aromatic rings. The second-order valence-corrected chi connectivity index (χ2v) is 10.4. The molecule has 134 valence electrons. The quantitative estimate of drug-likeness (QED) is 0.874. The van der Waals surface area contributed by atoms with Crippen LogP contribution in [0.2, 0.25) is 0 Å². The highest BCUT2D eigenvalue weighted by molar-refractivity contribution is 7.91. The van der Waals surface area contributed by atoms with E-state index in [1.54, 1.807) is 45.0 Å². The summed E-state index contributed by atoms with van der Waals surface area (Å²) >= 11 is 0. The van der Waals surface area contributed by atoms with E-state index in [4.69, 9.17) is 0 Å². The third kappa shape index (κ3) is 4.80. The predicted molar refractivity (Wildman–Crippen MR) is 97.6 cm³/mol. The van der Waals surface area contributed by atoms with Gasteiger partial charge in [0.2, 0.25) is 5.91 Å². The molecule has 1 aromatic carbocycles. The van der Waals surface area contributed by atoms with Crippen molar-refractivity contribution in [3.8, 4) is 0 Å². The van der Waals surface area contributed by atoms with Gasteiger partial charge in [-0.25, -0.2) is 8.42 Å². The maximum absolute atomic E-state index is 12.4. The van der Waals surface area contributed by atoms with E-state index in [1.165, 1.54) is 0 Å². The molecule has 0 bridgehead atoms. The van der Waals surface area contributed by atoms with Crippen molar-refractivity contribution >= 4 is 21.4 Å². The molecule has 1 heterocycles. The van der Waals surface area contributed by atoms with Gasteiger partial charge in [0.15, 0.2) is 9.84 Å². The van der Waals surface area contributed by atoms with Gasteiger partial charge in [0.05, 0.1) is 10.5 Å². The molecule has 0 unspecified atom stereocenters. The fourth-order valence-corrected chi connectivity index (χ4v) is 3.84. The summed E-state index contributed by atoms with van der Waals surface area (Å²) in [5.74, 6) is -0.00712. The first-order chi connectivity index (χ1) is 11.1. The Bertz CT molecular complexity index is 692. The summed E-state index contributed by atoms with van der Waals surface area (Å²) in [5, 5.41) is 6.27. The van der Waals surface area contributed by atoms with Gasteiger partial charge in [0, 0.05) is 17.6 Å². The number of piperidine rings is 1. The van der Waals surface area contributed by atoms with Crippen molar-refractivity contribution in [1.29, 1.82) is 0 Å². The molecule has 2 atom stereocenters. The Labute approximate surface area is 145 Å². The highest BCUT2D eigenvalue weighted by atomic mass is 32.2. The number of hydrogen-bond acceptors (Lipinski definition) is 4. The number of hydrogen-bond donors (Lipinski definition) is 2. The second kappa shape index (κ2) is 7.23. The van der Waals surface area contributed by atoms with E-state index in [9.17, 15) is 13.2 Å². The molecule has 1 amide bonds. The maximum atomic E-state index is 12.4. The predicted octanol–water partition coefficient (Wildman–Crippen LogP) is 2.73. The van der Waals surface area contributed by atoms with Crippen LogP contribution in [0.1, 0.15) is 46.1 Å². The van der Waals surface area contributed by atoms with Gasteiger partial charge in [-0.05, 0) is 64.8 Å². The molecule has 0 aromatic heterocycles. The van der Waals surface area contributed by atoms with E-state index in [0.717, 1.165) is 19.4 Å². The van der Waals surface area contributed by atoms with E-state index in [1.807, 2.05) is 0 Å². The summed E-state index contributed by atoms with van der Waals surface area (Å²) in [5.41, 5.74) is 1.36. The second-order valence-electron chi connectivity index (χ2n) is 7.64. The Balaban J connectivity index is 2.06. The van der Waals surface area contributed by atoms with E-state index in [-0.39, 0.29) is 17.6 Å². The molecule has 1 saturated heterocycles. The number of rotatable bonds is 4. The molecule has 1 aliphatic heterocycles. The molecule has 6 heteroatoms. The first-order valence-corrected chi connectivity index (χ1v) is 10.1. The number of anilines is 1. The summed E-state index contributed by atoms with van der Waals surface area (Å²) in [6.45, 7) is 8.03. The monoisotopic (exact) mass is 352 g/mol. The minimum absolute atomic E-state index is 0.00298. The zero-order valence-corrected chi connectivity index (χ0v) is 15.7. The molecule has 2 N–H and O–H groups in total. The van der Waals surface area contributed by atoms with Crippen LogP contribution in [-0.4, -0.2) is 31.7 Å².